The first kappa shape index (κ1) is 36.7. The van der Waals surface area contributed by atoms with E-state index in [1.54, 1.807) is 14.0 Å². The third kappa shape index (κ3) is 10.8. The van der Waals surface area contributed by atoms with E-state index in [-0.39, 0.29) is 18.0 Å². The van der Waals surface area contributed by atoms with Gasteiger partial charge in [0.05, 0.1) is 11.7 Å². The van der Waals surface area contributed by atoms with Gasteiger partial charge < -0.3 is 19.7 Å². The number of likely N-dealkylation sites (N-methyl/N-ethyl adjacent to an activating group) is 2. The number of fused-ring (bicyclic) bond motifs is 1. The quantitative estimate of drug-likeness (QED) is 0.262. The maximum atomic E-state index is 11.3. The summed E-state index contributed by atoms with van der Waals surface area (Å²) < 4.78 is 25.7. The Morgan fingerprint density at radius 2 is 1.79 bits per heavy atom. The van der Waals surface area contributed by atoms with Crippen molar-refractivity contribution in [3.05, 3.63) is 77.2 Å². The molecule has 0 radical (unpaired) electrons. The molecule has 2 aromatic carbocycles. The monoisotopic (exact) mass is 619 g/mol. The maximum absolute atomic E-state index is 11.3. The maximum Gasteiger partial charge on any atom is 0.231 e. The molecule has 1 amide bonds. The van der Waals surface area contributed by atoms with Crippen molar-refractivity contribution in [2.24, 2.45) is 7.05 Å². The number of amides is 1. The van der Waals surface area contributed by atoms with E-state index >= 15 is 0 Å². The van der Waals surface area contributed by atoms with Gasteiger partial charge in [-0.3, -0.25) is 14.2 Å². The lowest BCUT2D eigenvalue weighted by molar-refractivity contribution is -0.108. The van der Waals surface area contributed by atoms with Crippen molar-refractivity contribution in [1.29, 1.82) is 0 Å². The van der Waals surface area contributed by atoms with Gasteiger partial charge in [0.15, 0.2) is 22.5 Å². The van der Waals surface area contributed by atoms with Crippen molar-refractivity contribution in [2.45, 2.75) is 64.8 Å². The smallest absolute Gasteiger partial charge is 0.231 e. The Kier molecular flexibility index (Phi) is 17.2. The van der Waals surface area contributed by atoms with Gasteiger partial charge in [-0.25, -0.2) is 4.21 Å². The van der Waals surface area contributed by atoms with E-state index in [2.05, 4.69) is 64.7 Å². The molecule has 1 aliphatic rings. The third-order valence-electron chi connectivity index (χ3n) is 6.15. The normalized spacial score (nSPS) is 12.2. The number of halogens is 1. The molecule has 42 heavy (non-hydrogen) atoms. The molecule has 0 bridgehead atoms. The average Bonchev–Trinajstić information content (AvgIpc) is 3.59. The van der Waals surface area contributed by atoms with E-state index in [0.717, 1.165) is 29.3 Å². The lowest BCUT2D eigenvalue weighted by Crippen LogP contribution is -2.36. The number of anilines is 1. The number of carbonyl (C=O) groups excluding carboxylic acids is 1. The van der Waals surface area contributed by atoms with Crippen molar-refractivity contribution in [3.63, 3.8) is 0 Å². The van der Waals surface area contributed by atoms with Crippen LogP contribution in [-0.2, 0) is 29.2 Å². The van der Waals surface area contributed by atoms with Gasteiger partial charge in [-0.2, -0.15) is 5.10 Å². The highest BCUT2D eigenvalue weighted by Crippen LogP contribution is 2.36. The second kappa shape index (κ2) is 19.7. The van der Waals surface area contributed by atoms with Crippen LogP contribution in [0, 0.1) is 6.92 Å². The van der Waals surface area contributed by atoms with Gasteiger partial charge in [-0.05, 0) is 38.1 Å². The number of carbonyl (C=O) groups is 1. The van der Waals surface area contributed by atoms with Crippen molar-refractivity contribution >= 4 is 34.7 Å². The first-order chi connectivity index (χ1) is 20.2. The molecule has 0 saturated carbocycles. The van der Waals surface area contributed by atoms with Crippen LogP contribution >= 0.6 is 11.6 Å². The number of hydrogen-bond donors (Lipinski definition) is 2. The highest BCUT2D eigenvalue weighted by molar-refractivity contribution is 7.83. The molecule has 0 fully saturated rings. The first-order valence-corrected chi connectivity index (χ1v) is 15.5. The summed E-state index contributed by atoms with van der Waals surface area (Å²) in [5.41, 5.74) is 3.87. The van der Waals surface area contributed by atoms with Gasteiger partial charge in [0, 0.05) is 31.5 Å². The number of benzene rings is 2. The van der Waals surface area contributed by atoms with Crippen LogP contribution in [0.2, 0.25) is 5.15 Å². The van der Waals surface area contributed by atoms with Crippen LogP contribution in [0.3, 0.4) is 0 Å². The molecule has 232 valence electrons. The molecule has 0 aliphatic carbocycles. The summed E-state index contributed by atoms with van der Waals surface area (Å²) in [5, 5.41) is 7.57. The molecule has 2 atom stereocenters. The van der Waals surface area contributed by atoms with Gasteiger partial charge in [-0.15, -0.1) is 0 Å². The summed E-state index contributed by atoms with van der Waals surface area (Å²) in [5.74, 6) is 1.58. The molecule has 2 unspecified atom stereocenters. The van der Waals surface area contributed by atoms with Gasteiger partial charge in [0.1, 0.15) is 10.0 Å². The molecule has 0 saturated heterocycles. The molecule has 1 aromatic heterocycles. The number of ether oxygens (including phenoxy) is 2. The number of rotatable bonds is 10. The minimum atomic E-state index is -1.62. The van der Waals surface area contributed by atoms with Crippen molar-refractivity contribution < 1.29 is 18.5 Å². The minimum Gasteiger partial charge on any atom is -0.454 e. The Balaban J connectivity index is 0.000000392. The van der Waals surface area contributed by atoms with Crippen LogP contribution in [0.4, 0.5) is 5.69 Å². The van der Waals surface area contributed by atoms with Crippen LogP contribution in [0.15, 0.2) is 65.7 Å². The fourth-order valence-electron chi connectivity index (χ4n) is 3.65. The van der Waals surface area contributed by atoms with E-state index in [1.807, 2.05) is 52.2 Å². The zero-order valence-electron chi connectivity index (χ0n) is 26.1. The Morgan fingerprint density at radius 3 is 2.31 bits per heavy atom. The standard InChI is InChI=1S/C19H22N2O2.C6H8ClN3O2S.C4H10.C2H6/c1-14(17(20-2)11-15-7-5-4-6-8-15)21(3)16-9-10-18-19(12-16)23-13-22-18;1-4-5(13(12)8-3-11)6(7)10(2)9-4;1-3-4-2;1-2/h4-10,12,17,20H,1,11,13H2,2-3H3;3H,1-2H3,(H,8,11);3-4H2,1-2H3;1-2H3. The van der Waals surface area contributed by atoms with E-state index in [1.165, 1.54) is 23.1 Å². The van der Waals surface area contributed by atoms with Gasteiger partial charge in [0.2, 0.25) is 13.2 Å². The van der Waals surface area contributed by atoms with E-state index in [0.29, 0.717) is 17.0 Å². The lowest BCUT2D eigenvalue weighted by Gasteiger charge is -2.28. The van der Waals surface area contributed by atoms with Gasteiger partial charge >= 0.3 is 0 Å². The van der Waals surface area contributed by atoms with Crippen molar-refractivity contribution in [2.75, 3.05) is 25.8 Å². The largest absolute Gasteiger partial charge is 0.454 e. The van der Waals surface area contributed by atoms with Gasteiger partial charge in [0.25, 0.3) is 0 Å². The highest BCUT2D eigenvalue weighted by Gasteiger charge is 2.20. The van der Waals surface area contributed by atoms with Crippen molar-refractivity contribution in [3.8, 4) is 11.5 Å². The molecule has 2 heterocycles. The number of hydrogen-bond acceptors (Lipinski definition) is 7. The molecule has 11 heteroatoms. The molecule has 9 nitrogen and oxygen atoms in total. The summed E-state index contributed by atoms with van der Waals surface area (Å²) in [7, 11) is 4.00. The third-order valence-corrected chi connectivity index (χ3v) is 7.86. The summed E-state index contributed by atoms with van der Waals surface area (Å²) >= 11 is 5.80. The topological polar surface area (TPSA) is 97.7 Å². The first-order valence-electron chi connectivity index (χ1n) is 14.0. The summed E-state index contributed by atoms with van der Waals surface area (Å²) in [6, 6.07) is 16.5. The molecule has 0 spiro atoms. The lowest BCUT2D eigenvalue weighted by atomic mass is 10.0. The van der Waals surface area contributed by atoms with Crippen LogP contribution < -0.4 is 24.4 Å². The molecular formula is C31H46ClN5O4S. The van der Waals surface area contributed by atoms with E-state index in [9.17, 15) is 9.00 Å². The second-order valence-corrected chi connectivity index (χ2v) is 10.5. The van der Waals surface area contributed by atoms with E-state index in [4.69, 9.17) is 21.1 Å². The number of aromatic nitrogens is 2. The fraction of sp³-hybridized carbons (Fsp3) is 0.419. The Hall–Kier alpha value is -3.34. The second-order valence-electron chi connectivity index (χ2n) is 8.95. The zero-order valence-corrected chi connectivity index (χ0v) is 27.6. The molecule has 1 aliphatic heterocycles. The predicted molar refractivity (Wildman–Crippen MR) is 174 cm³/mol. The molecule has 3 aromatic rings. The molecule has 2 N–H and O–H groups in total. The van der Waals surface area contributed by atoms with E-state index < -0.39 is 11.0 Å². The molecular weight excluding hydrogens is 574 g/mol. The van der Waals surface area contributed by atoms with Crippen LogP contribution in [0.25, 0.3) is 0 Å². The number of aryl methyl sites for hydroxylation is 2. The molecule has 4 rings (SSSR count). The Bertz CT molecular complexity index is 1270. The van der Waals surface area contributed by atoms with Crippen LogP contribution in [0.1, 0.15) is 51.8 Å². The zero-order chi connectivity index (χ0) is 31.7. The highest BCUT2D eigenvalue weighted by atomic mass is 35.5. The fourth-order valence-corrected chi connectivity index (χ4v) is 4.84. The van der Waals surface area contributed by atoms with Gasteiger partial charge in [-0.1, -0.05) is 89.0 Å². The Morgan fingerprint density at radius 1 is 1.17 bits per heavy atom. The summed E-state index contributed by atoms with van der Waals surface area (Å²) in [4.78, 5) is 12.5. The van der Waals surface area contributed by atoms with Crippen molar-refractivity contribution in [1.82, 2.24) is 19.8 Å². The minimum absolute atomic E-state index is 0.160. The SMILES string of the molecule is C=C(C(Cc1ccccc1)NC)N(C)c1ccc2c(c1)OCO2.CC.CCCC.Cc1nn(C)c(Cl)c1S(=O)NC=O. The summed E-state index contributed by atoms with van der Waals surface area (Å²) in [6.07, 6.45) is 3.89. The number of nitrogens with zero attached hydrogens (tertiary/aromatic N) is 3. The summed E-state index contributed by atoms with van der Waals surface area (Å²) in [6.45, 7) is 14.6. The van der Waals surface area contributed by atoms with Crippen LogP contribution in [0.5, 0.6) is 11.5 Å². The number of unbranched alkanes of at least 4 members (excludes halogenated alkanes) is 1. The Labute approximate surface area is 258 Å². The number of nitrogens with one attached hydrogen (secondary N) is 2. The average molecular weight is 620 g/mol. The predicted octanol–water partition coefficient (Wildman–Crippen LogP) is 6.18. The van der Waals surface area contributed by atoms with Crippen LogP contribution in [-0.4, -0.2) is 47.3 Å².